The van der Waals surface area contributed by atoms with E-state index in [1.807, 2.05) is 22.9 Å². The third kappa shape index (κ3) is 5.08. The zero-order valence-corrected chi connectivity index (χ0v) is 27.9. The summed E-state index contributed by atoms with van der Waals surface area (Å²) in [6.45, 7) is 12.7. The maximum Gasteiger partial charge on any atom is 0.0678 e. The molecule has 44 heavy (non-hydrogen) atoms. The molecule has 0 amide bonds. The summed E-state index contributed by atoms with van der Waals surface area (Å²) in [7, 11) is 0. The summed E-state index contributed by atoms with van der Waals surface area (Å²) in [4.78, 5) is 0. The quantitative estimate of drug-likeness (QED) is 0.164. The predicted molar refractivity (Wildman–Crippen MR) is 175 cm³/mol. The molecular weight excluding hydrogens is 722 g/mol. The van der Waals surface area contributed by atoms with Crippen LogP contribution in [-0.4, -0.2) is 14.3 Å². The van der Waals surface area contributed by atoms with Gasteiger partial charge in [-0.2, -0.15) is 40.5 Å². The average molecular weight is 754 g/mol. The zero-order valence-electron chi connectivity index (χ0n) is 25.6. The maximum absolute atomic E-state index is 6.46. The Morgan fingerprint density at radius 1 is 0.659 bits per heavy atom. The van der Waals surface area contributed by atoms with Crippen LogP contribution in [0.15, 0.2) is 84.9 Å². The molecule has 0 radical (unpaired) electrons. The van der Waals surface area contributed by atoms with E-state index in [9.17, 15) is 0 Å². The van der Waals surface area contributed by atoms with Gasteiger partial charge in [0, 0.05) is 49.3 Å². The summed E-state index contributed by atoms with van der Waals surface area (Å²) in [5.74, 6) is 1.25. The molecule has 222 valence electrons. The van der Waals surface area contributed by atoms with Gasteiger partial charge >= 0.3 is 0 Å². The SMILES string of the molecule is Cc1cc(Oc2[c-]c3c(cc2)c2ccccc2n3-c2[c-]ccc(C)c2)[c-]c(-n2nc(C)c(-c3c(C)cccc3C)c2C)c1.[Pt]. The Labute approximate surface area is 273 Å². The molecule has 0 aliphatic rings. The van der Waals surface area contributed by atoms with Crippen molar-refractivity contribution in [2.75, 3.05) is 0 Å². The van der Waals surface area contributed by atoms with Crippen molar-refractivity contribution in [3.63, 3.8) is 0 Å². The first kappa shape index (κ1) is 29.7. The molecule has 0 unspecified atom stereocenters. The van der Waals surface area contributed by atoms with Crippen LogP contribution in [0.1, 0.15) is 33.6 Å². The molecule has 0 atom stereocenters. The fraction of sp³-hybridized carbons (Fsp3) is 0.154. The molecule has 0 aliphatic carbocycles. The second kappa shape index (κ2) is 11.6. The van der Waals surface area contributed by atoms with Crippen LogP contribution in [0.2, 0.25) is 0 Å². The summed E-state index contributed by atoms with van der Waals surface area (Å²) < 4.78 is 10.7. The number of hydrogen-bond donors (Lipinski definition) is 0. The van der Waals surface area contributed by atoms with Crippen LogP contribution < -0.4 is 4.74 Å². The Morgan fingerprint density at radius 3 is 2.18 bits per heavy atom. The Bertz CT molecular complexity index is 2170. The number of nitrogens with zero attached hydrogens (tertiary/aromatic N) is 3. The van der Waals surface area contributed by atoms with Crippen molar-refractivity contribution in [1.82, 2.24) is 14.3 Å². The number of aromatic nitrogens is 3. The molecule has 0 saturated heterocycles. The van der Waals surface area contributed by atoms with Crippen LogP contribution in [0.5, 0.6) is 11.5 Å². The summed E-state index contributed by atoms with van der Waals surface area (Å²) in [6.07, 6.45) is 0. The van der Waals surface area contributed by atoms with E-state index >= 15 is 0 Å². The third-order valence-corrected chi connectivity index (χ3v) is 8.18. The first-order chi connectivity index (χ1) is 20.8. The van der Waals surface area contributed by atoms with Crippen LogP contribution in [0, 0.1) is 59.7 Å². The molecule has 0 saturated carbocycles. The Morgan fingerprint density at radius 2 is 1.41 bits per heavy atom. The number of para-hydroxylation sites is 1. The minimum absolute atomic E-state index is 0. The molecule has 0 fully saturated rings. The summed E-state index contributed by atoms with van der Waals surface area (Å²) in [5.41, 5.74) is 13.1. The van der Waals surface area contributed by atoms with Gasteiger partial charge < -0.3 is 9.30 Å². The largest absolute Gasteiger partial charge is 0.509 e. The van der Waals surface area contributed by atoms with Crippen LogP contribution >= 0.6 is 0 Å². The van der Waals surface area contributed by atoms with Crippen molar-refractivity contribution in [3.05, 3.63) is 137 Å². The maximum atomic E-state index is 6.46. The van der Waals surface area contributed by atoms with E-state index in [0.717, 1.165) is 44.7 Å². The molecule has 0 spiro atoms. The molecule has 0 N–H and O–H groups in total. The van der Waals surface area contributed by atoms with Crippen molar-refractivity contribution in [2.45, 2.75) is 41.5 Å². The molecule has 5 heteroatoms. The molecule has 7 aromatic rings. The zero-order chi connectivity index (χ0) is 29.8. The monoisotopic (exact) mass is 753 g/mol. The van der Waals surface area contributed by atoms with Gasteiger partial charge in [-0.05, 0) is 61.5 Å². The third-order valence-electron chi connectivity index (χ3n) is 8.18. The molecule has 7 rings (SSSR count). The van der Waals surface area contributed by atoms with E-state index in [4.69, 9.17) is 9.84 Å². The van der Waals surface area contributed by atoms with Crippen LogP contribution in [0.4, 0.5) is 0 Å². The number of aryl methyl sites for hydroxylation is 5. The minimum atomic E-state index is 0. The number of rotatable bonds is 5. The van der Waals surface area contributed by atoms with Gasteiger partial charge in [-0.1, -0.05) is 61.4 Å². The smallest absolute Gasteiger partial charge is 0.0678 e. The van der Waals surface area contributed by atoms with Gasteiger partial charge in [0.05, 0.1) is 5.69 Å². The molecule has 2 aromatic heterocycles. The minimum Gasteiger partial charge on any atom is -0.509 e. The Hall–Kier alpha value is -4.40. The summed E-state index contributed by atoms with van der Waals surface area (Å²) >= 11 is 0. The van der Waals surface area contributed by atoms with E-state index in [-0.39, 0.29) is 21.1 Å². The molecule has 2 heterocycles. The van der Waals surface area contributed by atoms with Gasteiger partial charge in [0.2, 0.25) is 0 Å². The molecular formula is C39H32N3OPt-3. The van der Waals surface area contributed by atoms with E-state index in [1.165, 1.54) is 33.2 Å². The van der Waals surface area contributed by atoms with Gasteiger partial charge in [-0.15, -0.1) is 41.8 Å². The molecule has 0 aliphatic heterocycles. The number of hydrogen-bond acceptors (Lipinski definition) is 2. The van der Waals surface area contributed by atoms with Crippen molar-refractivity contribution in [3.8, 4) is 34.0 Å². The van der Waals surface area contributed by atoms with E-state index in [1.54, 1.807) is 0 Å². The van der Waals surface area contributed by atoms with Crippen molar-refractivity contribution >= 4 is 21.8 Å². The summed E-state index contributed by atoms with van der Waals surface area (Å²) in [6, 6.07) is 39.7. The van der Waals surface area contributed by atoms with E-state index in [0.29, 0.717) is 11.5 Å². The second-order valence-electron chi connectivity index (χ2n) is 11.4. The molecule has 4 nitrogen and oxygen atoms in total. The van der Waals surface area contributed by atoms with Gasteiger partial charge in [0.1, 0.15) is 0 Å². The van der Waals surface area contributed by atoms with E-state index < -0.39 is 0 Å². The topological polar surface area (TPSA) is 32.0 Å². The van der Waals surface area contributed by atoms with Crippen molar-refractivity contribution in [1.29, 1.82) is 0 Å². The first-order valence-electron chi connectivity index (χ1n) is 14.6. The van der Waals surface area contributed by atoms with Crippen LogP contribution in [-0.2, 0) is 21.1 Å². The van der Waals surface area contributed by atoms with Gasteiger partial charge in [0.25, 0.3) is 0 Å². The molecule has 5 aromatic carbocycles. The van der Waals surface area contributed by atoms with E-state index in [2.05, 4.69) is 131 Å². The predicted octanol–water partition coefficient (Wildman–Crippen LogP) is 9.68. The number of benzene rings is 5. The van der Waals surface area contributed by atoms with Crippen molar-refractivity contribution in [2.24, 2.45) is 0 Å². The van der Waals surface area contributed by atoms with Crippen LogP contribution in [0.3, 0.4) is 0 Å². The van der Waals surface area contributed by atoms with Crippen molar-refractivity contribution < 1.29 is 25.8 Å². The number of fused-ring (bicyclic) bond motifs is 3. The summed E-state index contributed by atoms with van der Waals surface area (Å²) in [5, 5.41) is 7.25. The van der Waals surface area contributed by atoms with Gasteiger partial charge in [-0.25, -0.2) is 0 Å². The fourth-order valence-corrected chi connectivity index (χ4v) is 6.27. The van der Waals surface area contributed by atoms with Gasteiger partial charge in [0.15, 0.2) is 0 Å². The first-order valence-corrected chi connectivity index (χ1v) is 14.6. The fourth-order valence-electron chi connectivity index (χ4n) is 6.27. The Balaban J connectivity index is 0.00000343. The standard InChI is InChI=1S/C39H32N3O.Pt/c1-24-11-9-14-30(19-24)41-36-16-8-7-15-34(36)35-18-17-32(23-37(35)41)43-33-21-25(2)20-31(22-33)42-29(6)39(28(5)40-42)38-26(3)12-10-13-27(38)4;/h7-13,15-21H,1-6H3;/q-3;. The Kier molecular flexibility index (Phi) is 7.82. The second-order valence-corrected chi connectivity index (χ2v) is 11.4. The average Bonchev–Trinajstić information content (AvgIpc) is 3.46. The number of ether oxygens (including phenoxy) is 1. The molecule has 0 bridgehead atoms. The normalized spacial score (nSPS) is 11.2. The van der Waals surface area contributed by atoms with Gasteiger partial charge in [-0.3, -0.25) is 4.68 Å². The van der Waals surface area contributed by atoms with Crippen LogP contribution in [0.25, 0.3) is 44.3 Å².